The molecular weight excluding hydrogens is 214 g/mol. The van der Waals surface area contributed by atoms with Gasteiger partial charge in [0, 0.05) is 12.0 Å². The highest BCUT2D eigenvalue weighted by Gasteiger charge is 2.21. The standard InChI is InChI=1S/C14H28NO2/c1-6-10-15(7-2,8-3)11-9-12-17-14(16)13(4)5/h4,6-12H2,1-3,5H3/q+1. The highest BCUT2D eigenvalue weighted by molar-refractivity contribution is 5.86. The number of quaternary nitrogens is 1. The molecule has 0 aliphatic carbocycles. The first-order chi connectivity index (χ1) is 8.01. The molecule has 0 fully saturated rings. The molecule has 0 unspecified atom stereocenters. The summed E-state index contributed by atoms with van der Waals surface area (Å²) in [5, 5.41) is 0. The van der Waals surface area contributed by atoms with Crippen molar-refractivity contribution in [3.8, 4) is 0 Å². The van der Waals surface area contributed by atoms with E-state index in [1.54, 1.807) is 6.92 Å². The number of hydrogen-bond acceptors (Lipinski definition) is 2. The summed E-state index contributed by atoms with van der Waals surface area (Å²) in [7, 11) is 0. The van der Waals surface area contributed by atoms with E-state index >= 15 is 0 Å². The van der Waals surface area contributed by atoms with E-state index in [9.17, 15) is 4.79 Å². The number of esters is 1. The Bertz CT molecular complexity index is 245. The molecule has 0 radical (unpaired) electrons. The third-order valence-electron chi connectivity index (χ3n) is 3.40. The predicted molar refractivity (Wildman–Crippen MR) is 71.8 cm³/mol. The van der Waals surface area contributed by atoms with Gasteiger partial charge in [-0.3, -0.25) is 0 Å². The molecule has 0 amide bonds. The van der Waals surface area contributed by atoms with Crippen LogP contribution in [0.25, 0.3) is 0 Å². The lowest BCUT2D eigenvalue weighted by molar-refractivity contribution is -0.925. The molecule has 0 heterocycles. The van der Waals surface area contributed by atoms with E-state index in [2.05, 4.69) is 27.4 Å². The van der Waals surface area contributed by atoms with E-state index in [1.165, 1.54) is 13.0 Å². The smallest absolute Gasteiger partial charge is 0.333 e. The van der Waals surface area contributed by atoms with Gasteiger partial charge in [-0.2, -0.15) is 0 Å². The fraction of sp³-hybridized carbons (Fsp3) is 0.786. The van der Waals surface area contributed by atoms with Crippen molar-refractivity contribution in [3.63, 3.8) is 0 Å². The molecule has 0 bridgehead atoms. The molecule has 0 aromatic carbocycles. The third-order valence-corrected chi connectivity index (χ3v) is 3.40. The van der Waals surface area contributed by atoms with E-state index in [1.807, 2.05) is 0 Å². The van der Waals surface area contributed by atoms with Crippen molar-refractivity contribution in [1.82, 2.24) is 0 Å². The molecule has 3 nitrogen and oxygen atoms in total. The molecule has 0 atom stereocenters. The second-order valence-corrected chi connectivity index (χ2v) is 4.69. The summed E-state index contributed by atoms with van der Waals surface area (Å²) in [5.74, 6) is -0.272. The Morgan fingerprint density at radius 2 is 1.76 bits per heavy atom. The first kappa shape index (κ1) is 16.2. The minimum absolute atomic E-state index is 0.272. The number of hydrogen-bond donors (Lipinski definition) is 0. The van der Waals surface area contributed by atoms with Crippen LogP contribution in [-0.2, 0) is 9.53 Å². The van der Waals surface area contributed by atoms with Gasteiger partial charge in [0.15, 0.2) is 0 Å². The Labute approximate surface area is 106 Å². The molecule has 0 aromatic heterocycles. The van der Waals surface area contributed by atoms with Crippen LogP contribution in [0, 0.1) is 0 Å². The zero-order chi connectivity index (χ0) is 13.3. The molecule has 17 heavy (non-hydrogen) atoms. The van der Waals surface area contributed by atoms with Gasteiger partial charge in [0.2, 0.25) is 0 Å². The van der Waals surface area contributed by atoms with Gasteiger partial charge in [0.05, 0.1) is 32.8 Å². The van der Waals surface area contributed by atoms with E-state index < -0.39 is 0 Å². The zero-order valence-corrected chi connectivity index (χ0v) is 11.9. The Balaban J connectivity index is 3.98. The van der Waals surface area contributed by atoms with Crippen LogP contribution in [0.15, 0.2) is 12.2 Å². The maximum atomic E-state index is 11.2. The molecule has 3 heteroatoms. The zero-order valence-electron chi connectivity index (χ0n) is 11.9. The molecule has 0 aliphatic heterocycles. The van der Waals surface area contributed by atoms with Gasteiger partial charge < -0.3 is 9.22 Å². The Morgan fingerprint density at radius 1 is 1.18 bits per heavy atom. The topological polar surface area (TPSA) is 26.3 Å². The van der Waals surface area contributed by atoms with Crippen molar-refractivity contribution in [2.45, 2.75) is 40.5 Å². The van der Waals surface area contributed by atoms with Crippen LogP contribution in [0.4, 0.5) is 0 Å². The van der Waals surface area contributed by atoms with E-state index in [4.69, 9.17) is 4.74 Å². The van der Waals surface area contributed by atoms with Crippen molar-refractivity contribution in [2.75, 3.05) is 32.8 Å². The van der Waals surface area contributed by atoms with E-state index in [0.29, 0.717) is 12.2 Å². The van der Waals surface area contributed by atoms with Crippen LogP contribution in [-0.4, -0.2) is 43.2 Å². The average molecular weight is 242 g/mol. The minimum atomic E-state index is -0.272. The van der Waals surface area contributed by atoms with Gasteiger partial charge in [0.1, 0.15) is 0 Å². The average Bonchev–Trinajstić information content (AvgIpc) is 2.32. The molecule has 0 aliphatic rings. The molecule has 100 valence electrons. The summed E-state index contributed by atoms with van der Waals surface area (Å²) < 4.78 is 6.24. The summed E-state index contributed by atoms with van der Waals surface area (Å²) in [6, 6.07) is 0. The molecule has 0 rings (SSSR count). The SMILES string of the molecule is C=C(C)C(=O)OCCC[N+](CC)(CC)CCC. The lowest BCUT2D eigenvalue weighted by Gasteiger charge is -2.36. The fourth-order valence-corrected chi connectivity index (χ4v) is 2.13. The quantitative estimate of drug-likeness (QED) is 0.269. The summed E-state index contributed by atoms with van der Waals surface area (Å²) in [6.07, 6.45) is 2.13. The van der Waals surface area contributed by atoms with Gasteiger partial charge in [-0.1, -0.05) is 13.5 Å². The molecule has 0 saturated heterocycles. The molecule has 0 saturated carbocycles. The van der Waals surface area contributed by atoms with Crippen molar-refractivity contribution in [2.24, 2.45) is 0 Å². The highest BCUT2D eigenvalue weighted by atomic mass is 16.5. The normalized spacial score (nSPS) is 11.3. The Hall–Kier alpha value is -0.830. The van der Waals surface area contributed by atoms with Crippen LogP contribution in [0.3, 0.4) is 0 Å². The number of rotatable bonds is 9. The molecule has 0 N–H and O–H groups in total. The van der Waals surface area contributed by atoms with E-state index in [-0.39, 0.29) is 5.97 Å². The van der Waals surface area contributed by atoms with Crippen molar-refractivity contribution in [1.29, 1.82) is 0 Å². The third kappa shape index (κ3) is 5.87. The fourth-order valence-electron chi connectivity index (χ4n) is 2.13. The summed E-state index contributed by atoms with van der Waals surface area (Å²) >= 11 is 0. The van der Waals surface area contributed by atoms with Crippen LogP contribution in [0.5, 0.6) is 0 Å². The van der Waals surface area contributed by atoms with Crippen molar-refractivity contribution in [3.05, 3.63) is 12.2 Å². The second kappa shape index (κ2) is 8.29. The number of nitrogens with zero attached hydrogens (tertiary/aromatic N) is 1. The predicted octanol–water partition coefficient (Wildman–Crippen LogP) is 2.76. The molecule has 0 spiro atoms. The largest absolute Gasteiger partial charge is 0.462 e. The van der Waals surface area contributed by atoms with Gasteiger partial charge in [-0.25, -0.2) is 4.79 Å². The number of carbonyl (C=O) groups excluding carboxylic acids is 1. The van der Waals surface area contributed by atoms with Gasteiger partial charge in [-0.15, -0.1) is 0 Å². The van der Waals surface area contributed by atoms with Crippen LogP contribution >= 0.6 is 0 Å². The first-order valence-electron chi connectivity index (χ1n) is 6.69. The maximum Gasteiger partial charge on any atom is 0.333 e. The van der Waals surface area contributed by atoms with Crippen LogP contribution < -0.4 is 0 Å². The number of ether oxygens (including phenoxy) is 1. The lowest BCUT2D eigenvalue weighted by atomic mass is 10.2. The van der Waals surface area contributed by atoms with Crippen LogP contribution in [0.1, 0.15) is 40.5 Å². The second-order valence-electron chi connectivity index (χ2n) is 4.69. The summed E-state index contributed by atoms with van der Waals surface area (Å²) in [5.41, 5.74) is 0.477. The molecule has 0 aromatic rings. The van der Waals surface area contributed by atoms with Gasteiger partial charge in [0.25, 0.3) is 0 Å². The monoisotopic (exact) mass is 242 g/mol. The first-order valence-corrected chi connectivity index (χ1v) is 6.69. The number of carbonyl (C=O) groups is 1. The summed E-state index contributed by atoms with van der Waals surface area (Å²) in [4.78, 5) is 11.2. The van der Waals surface area contributed by atoms with Gasteiger partial charge in [-0.05, 0) is 27.2 Å². The van der Waals surface area contributed by atoms with E-state index in [0.717, 1.165) is 30.5 Å². The molecular formula is C14H28NO2+. The Kier molecular flexibility index (Phi) is 7.88. The summed E-state index contributed by atoms with van der Waals surface area (Å²) in [6.45, 7) is 17.0. The lowest BCUT2D eigenvalue weighted by Crippen LogP contribution is -2.49. The van der Waals surface area contributed by atoms with Crippen LogP contribution in [0.2, 0.25) is 0 Å². The highest BCUT2D eigenvalue weighted by Crippen LogP contribution is 2.09. The Morgan fingerprint density at radius 3 is 2.18 bits per heavy atom. The van der Waals surface area contributed by atoms with Gasteiger partial charge >= 0.3 is 5.97 Å². The van der Waals surface area contributed by atoms with Crippen molar-refractivity contribution < 1.29 is 14.0 Å². The maximum absolute atomic E-state index is 11.2. The van der Waals surface area contributed by atoms with Crippen molar-refractivity contribution >= 4 is 5.97 Å². The minimum Gasteiger partial charge on any atom is -0.462 e.